The molecule has 174 valence electrons. The quantitative estimate of drug-likeness (QED) is 0.489. The zero-order valence-corrected chi connectivity index (χ0v) is 19.2. The van der Waals surface area contributed by atoms with E-state index in [0.29, 0.717) is 19.6 Å². The van der Waals surface area contributed by atoms with Gasteiger partial charge in [0.25, 0.3) is 0 Å². The minimum absolute atomic E-state index is 0.0406. The first-order valence-corrected chi connectivity index (χ1v) is 11.2. The summed E-state index contributed by atoms with van der Waals surface area (Å²) in [6.07, 6.45) is 2.04. The summed E-state index contributed by atoms with van der Waals surface area (Å²) in [6, 6.07) is 5.72. The Balaban J connectivity index is 1.51. The van der Waals surface area contributed by atoms with Crippen LogP contribution in [0.5, 0.6) is 0 Å². The van der Waals surface area contributed by atoms with Crippen molar-refractivity contribution in [2.24, 2.45) is 11.8 Å². The monoisotopic (exact) mass is 443 g/mol. The number of benzene rings is 1. The van der Waals surface area contributed by atoms with Crippen LogP contribution >= 0.6 is 0 Å². The van der Waals surface area contributed by atoms with Crippen molar-refractivity contribution in [2.75, 3.05) is 13.2 Å². The van der Waals surface area contributed by atoms with Gasteiger partial charge in [-0.25, -0.2) is 0 Å². The number of aromatic nitrogens is 1. The van der Waals surface area contributed by atoms with Crippen molar-refractivity contribution < 1.29 is 23.9 Å². The molecule has 0 bridgehead atoms. The van der Waals surface area contributed by atoms with Crippen LogP contribution < -0.4 is 10.6 Å². The number of carbonyl (C=O) groups is 3. The fraction of sp³-hybridized carbons (Fsp3) is 0.542. The average Bonchev–Trinajstić information content (AvgIpc) is 3.28. The van der Waals surface area contributed by atoms with Crippen LogP contribution in [0.1, 0.15) is 44.7 Å². The molecule has 0 spiro atoms. The predicted octanol–water partition coefficient (Wildman–Crippen LogP) is 2.59. The number of H-pyrrole nitrogens is 1. The summed E-state index contributed by atoms with van der Waals surface area (Å²) < 4.78 is 10.5. The van der Waals surface area contributed by atoms with Gasteiger partial charge in [-0.05, 0) is 43.4 Å². The van der Waals surface area contributed by atoms with E-state index in [9.17, 15) is 14.4 Å². The van der Waals surface area contributed by atoms with Crippen LogP contribution in [0.15, 0.2) is 24.4 Å². The van der Waals surface area contributed by atoms with Gasteiger partial charge < -0.3 is 25.1 Å². The maximum Gasteiger partial charge on any atom is 0.310 e. The third-order valence-electron chi connectivity index (χ3n) is 5.81. The van der Waals surface area contributed by atoms with Crippen molar-refractivity contribution in [3.8, 4) is 0 Å². The Hall–Kier alpha value is -2.87. The van der Waals surface area contributed by atoms with Crippen LogP contribution in [0.3, 0.4) is 0 Å². The molecule has 1 aromatic heterocycles. The molecule has 2 aromatic rings. The van der Waals surface area contributed by atoms with Crippen molar-refractivity contribution in [1.29, 1.82) is 0 Å². The Morgan fingerprint density at radius 2 is 2.09 bits per heavy atom. The van der Waals surface area contributed by atoms with E-state index in [1.807, 2.05) is 20.0 Å². The topological polar surface area (TPSA) is 110 Å². The first-order valence-electron chi connectivity index (χ1n) is 11.2. The highest BCUT2D eigenvalue weighted by Gasteiger charge is 2.38. The summed E-state index contributed by atoms with van der Waals surface area (Å²) in [4.78, 5) is 40.3. The molecular formula is C24H33N3O5. The standard InChI is InChI=1S/C24H33N3O5/c1-5-31-24-20(12-22(29)32-24)27-23(30)18(14(2)3)11-21(28)25-9-8-16-13-26-19-10-15(4)6-7-17(16)19/h6-7,10,13-14,18,20,24,26H,5,8-9,11-12H2,1-4H3,(H,25,28)(H,27,30). The lowest BCUT2D eigenvalue weighted by atomic mass is 9.91. The number of aromatic amines is 1. The van der Waals surface area contributed by atoms with Gasteiger partial charge in [0, 0.05) is 42.6 Å². The van der Waals surface area contributed by atoms with E-state index in [-0.39, 0.29) is 30.6 Å². The average molecular weight is 444 g/mol. The molecule has 3 atom stereocenters. The molecule has 1 aromatic carbocycles. The number of esters is 1. The van der Waals surface area contributed by atoms with Crippen LogP contribution in [0, 0.1) is 18.8 Å². The molecule has 2 heterocycles. The van der Waals surface area contributed by atoms with E-state index in [1.165, 1.54) is 5.56 Å². The van der Waals surface area contributed by atoms with Crippen LogP contribution in [0.2, 0.25) is 0 Å². The smallest absolute Gasteiger partial charge is 0.310 e. The highest BCUT2D eigenvalue weighted by atomic mass is 16.7. The minimum Gasteiger partial charge on any atom is -0.433 e. The van der Waals surface area contributed by atoms with E-state index < -0.39 is 24.2 Å². The minimum atomic E-state index is -0.780. The third-order valence-corrected chi connectivity index (χ3v) is 5.81. The van der Waals surface area contributed by atoms with E-state index >= 15 is 0 Å². The number of ether oxygens (including phenoxy) is 2. The van der Waals surface area contributed by atoms with Crippen molar-refractivity contribution in [3.05, 3.63) is 35.5 Å². The zero-order chi connectivity index (χ0) is 23.3. The summed E-state index contributed by atoms with van der Waals surface area (Å²) in [5, 5.41) is 6.93. The van der Waals surface area contributed by atoms with E-state index in [0.717, 1.165) is 16.5 Å². The van der Waals surface area contributed by atoms with E-state index in [1.54, 1.807) is 6.92 Å². The molecule has 0 aliphatic carbocycles. The maximum atomic E-state index is 12.8. The van der Waals surface area contributed by atoms with Crippen molar-refractivity contribution in [2.45, 2.75) is 59.3 Å². The molecule has 0 radical (unpaired) electrons. The van der Waals surface area contributed by atoms with E-state index in [2.05, 4.69) is 40.7 Å². The summed E-state index contributed by atoms with van der Waals surface area (Å²) in [7, 11) is 0. The van der Waals surface area contributed by atoms with Crippen LogP contribution in [0.4, 0.5) is 0 Å². The second-order valence-corrected chi connectivity index (χ2v) is 8.65. The summed E-state index contributed by atoms with van der Waals surface area (Å²) in [6.45, 7) is 8.52. The number of amides is 2. The molecule has 1 aliphatic rings. The Bertz CT molecular complexity index is 968. The summed E-state index contributed by atoms with van der Waals surface area (Å²) in [5.74, 6) is -1.39. The lowest BCUT2D eigenvalue weighted by Crippen LogP contribution is -2.46. The Morgan fingerprint density at radius 1 is 1.31 bits per heavy atom. The normalized spacial score (nSPS) is 19.2. The molecular weight excluding hydrogens is 410 g/mol. The first kappa shape index (κ1) is 23.8. The SMILES string of the molecule is CCOC1OC(=O)CC1NC(=O)C(CC(=O)NCCc1c[nH]c2cc(C)ccc12)C(C)C. The van der Waals surface area contributed by atoms with Crippen molar-refractivity contribution in [3.63, 3.8) is 0 Å². The summed E-state index contributed by atoms with van der Waals surface area (Å²) >= 11 is 0. The molecule has 3 N–H and O–H groups in total. The first-order chi connectivity index (χ1) is 15.3. The van der Waals surface area contributed by atoms with Crippen molar-refractivity contribution in [1.82, 2.24) is 15.6 Å². The second kappa shape index (κ2) is 10.6. The van der Waals surface area contributed by atoms with Crippen LogP contribution in [0.25, 0.3) is 10.9 Å². The number of rotatable bonds is 10. The van der Waals surface area contributed by atoms with Crippen molar-refractivity contribution >= 4 is 28.7 Å². The molecule has 3 unspecified atom stereocenters. The van der Waals surface area contributed by atoms with Gasteiger partial charge in [-0.15, -0.1) is 0 Å². The maximum absolute atomic E-state index is 12.8. The molecule has 8 heteroatoms. The number of fused-ring (bicyclic) bond motifs is 1. The Labute approximate surface area is 188 Å². The number of cyclic esters (lactones) is 1. The van der Waals surface area contributed by atoms with Crippen LogP contribution in [-0.4, -0.2) is 48.3 Å². The number of nitrogens with one attached hydrogen (secondary N) is 3. The third kappa shape index (κ3) is 5.88. The number of aryl methyl sites for hydroxylation is 1. The van der Waals surface area contributed by atoms with E-state index in [4.69, 9.17) is 9.47 Å². The molecule has 8 nitrogen and oxygen atoms in total. The molecule has 0 saturated carbocycles. The molecule has 2 amide bonds. The van der Waals surface area contributed by atoms with Gasteiger partial charge in [-0.2, -0.15) is 0 Å². The molecule has 3 rings (SSSR count). The molecule has 1 fully saturated rings. The molecule has 1 saturated heterocycles. The van der Waals surface area contributed by atoms with Gasteiger partial charge >= 0.3 is 5.97 Å². The lowest BCUT2D eigenvalue weighted by Gasteiger charge is -2.24. The largest absolute Gasteiger partial charge is 0.433 e. The fourth-order valence-corrected chi connectivity index (χ4v) is 4.01. The molecule has 1 aliphatic heterocycles. The van der Waals surface area contributed by atoms with Gasteiger partial charge in [0.15, 0.2) is 0 Å². The van der Waals surface area contributed by atoms with Gasteiger partial charge in [0.1, 0.15) is 6.04 Å². The van der Waals surface area contributed by atoms with Gasteiger partial charge in [-0.1, -0.05) is 26.0 Å². The number of hydrogen-bond acceptors (Lipinski definition) is 5. The molecule has 32 heavy (non-hydrogen) atoms. The summed E-state index contributed by atoms with van der Waals surface area (Å²) in [5.41, 5.74) is 3.42. The van der Waals surface area contributed by atoms with Crippen LogP contribution in [-0.2, 0) is 30.3 Å². The highest BCUT2D eigenvalue weighted by molar-refractivity contribution is 5.87. The fourth-order valence-electron chi connectivity index (χ4n) is 4.01. The second-order valence-electron chi connectivity index (χ2n) is 8.65. The lowest BCUT2D eigenvalue weighted by molar-refractivity contribution is -0.164. The zero-order valence-electron chi connectivity index (χ0n) is 19.2. The number of carbonyl (C=O) groups excluding carboxylic acids is 3. The van der Waals surface area contributed by atoms with Gasteiger partial charge in [0.05, 0.1) is 6.42 Å². The predicted molar refractivity (Wildman–Crippen MR) is 121 cm³/mol. The van der Waals surface area contributed by atoms with Gasteiger partial charge in [0.2, 0.25) is 18.1 Å². The Morgan fingerprint density at radius 3 is 2.81 bits per heavy atom. The highest BCUT2D eigenvalue weighted by Crippen LogP contribution is 2.21. The number of hydrogen-bond donors (Lipinski definition) is 3. The Kier molecular flexibility index (Phi) is 7.90. The van der Waals surface area contributed by atoms with Gasteiger partial charge in [-0.3, -0.25) is 14.4 Å².